The number of hydrogen-bond donors (Lipinski definition) is 2. The van der Waals surface area contributed by atoms with Crippen molar-refractivity contribution in [2.45, 2.75) is 77.3 Å². The SMILES string of the molecule is CC(=O)OCC12C(O)CC(C)C(C)(CC(O)c3ccoc3)C1CCC(OC(C)=O)C21CO1. The molecule has 0 amide bonds. The van der Waals surface area contributed by atoms with Crippen LogP contribution in [0.5, 0.6) is 0 Å². The van der Waals surface area contributed by atoms with Crippen LogP contribution >= 0.6 is 0 Å². The van der Waals surface area contributed by atoms with Gasteiger partial charge in [0.2, 0.25) is 0 Å². The van der Waals surface area contributed by atoms with E-state index in [1.165, 1.54) is 20.1 Å². The highest BCUT2D eigenvalue weighted by Gasteiger charge is 2.78. The minimum absolute atomic E-state index is 0.0178. The average molecular weight is 451 g/mol. The van der Waals surface area contributed by atoms with Gasteiger partial charge in [-0.25, -0.2) is 0 Å². The van der Waals surface area contributed by atoms with Crippen LogP contribution in [0.15, 0.2) is 23.0 Å². The van der Waals surface area contributed by atoms with Gasteiger partial charge in [-0.1, -0.05) is 13.8 Å². The second-order valence-corrected chi connectivity index (χ2v) is 10.2. The third kappa shape index (κ3) is 3.47. The number of fused-ring (bicyclic) bond motifs is 2. The first-order valence-corrected chi connectivity index (χ1v) is 11.4. The maximum atomic E-state index is 11.8. The van der Waals surface area contributed by atoms with E-state index in [1.807, 2.05) is 0 Å². The first kappa shape index (κ1) is 23.3. The second-order valence-electron chi connectivity index (χ2n) is 10.2. The fourth-order valence-electron chi connectivity index (χ4n) is 6.76. The van der Waals surface area contributed by atoms with Crippen LogP contribution in [0, 0.1) is 22.7 Å². The first-order chi connectivity index (χ1) is 15.1. The second kappa shape index (κ2) is 8.15. The number of carbonyl (C=O) groups excluding carboxylic acids is 2. The Bertz CT molecular complexity index is 846. The molecule has 4 rings (SSSR count). The van der Waals surface area contributed by atoms with E-state index >= 15 is 0 Å². The third-order valence-electron chi connectivity index (χ3n) is 8.58. The Balaban J connectivity index is 1.76. The van der Waals surface area contributed by atoms with Crippen LogP contribution in [0.25, 0.3) is 0 Å². The molecule has 1 aromatic heterocycles. The maximum absolute atomic E-state index is 11.8. The molecule has 32 heavy (non-hydrogen) atoms. The number of furan rings is 1. The number of rotatable bonds is 6. The highest BCUT2D eigenvalue weighted by atomic mass is 16.6. The van der Waals surface area contributed by atoms with E-state index < -0.39 is 46.7 Å². The van der Waals surface area contributed by atoms with Crippen molar-refractivity contribution in [1.29, 1.82) is 0 Å². The van der Waals surface area contributed by atoms with Crippen molar-refractivity contribution in [3.63, 3.8) is 0 Å². The highest BCUT2D eigenvalue weighted by molar-refractivity contribution is 5.67. The molecule has 8 unspecified atom stereocenters. The fraction of sp³-hybridized carbons (Fsp3) is 0.750. The molecule has 0 radical (unpaired) electrons. The van der Waals surface area contributed by atoms with Gasteiger partial charge in [-0.3, -0.25) is 9.59 Å². The largest absolute Gasteiger partial charge is 0.472 e. The van der Waals surface area contributed by atoms with Gasteiger partial charge in [-0.15, -0.1) is 0 Å². The van der Waals surface area contributed by atoms with Crippen LogP contribution < -0.4 is 0 Å². The molecule has 1 aromatic rings. The maximum Gasteiger partial charge on any atom is 0.303 e. The molecule has 3 aliphatic rings. The smallest absolute Gasteiger partial charge is 0.303 e. The summed E-state index contributed by atoms with van der Waals surface area (Å²) in [6, 6.07) is 1.76. The summed E-state index contributed by atoms with van der Waals surface area (Å²) in [5, 5.41) is 22.5. The van der Waals surface area contributed by atoms with Crippen molar-refractivity contribution in [1.82, 2.24) is 0 Å². The Morgan fingerprint density at radius 1 is 1.28 bits per heavy atom. The van der Waals surface area contributed by atoms with E-state index in [1.54, 1.807) is 12.3 Å². The molecule has 2 N–H and O–H groups in total. The molecule has 8 nitrogen and oxygen atoms in total. The summed E-state index contributed by atoms with van der Waals surface area (Å²) < 4.78 is 22.4. The molecule has 0 bridgehead atoms. The van der Waals surface area contributed by atoms with E-state index in [0.717, 1.165) is 0 Å². The predicted octanol–water partition coefficient (Wildman–Crippen LogP) is 2.77. The van der Waals surface area contributed by atoms with E-state index in [-0.39, 0.29) is 18.4 Å². The van der Waals surface area contributed by atoms with Gasteiger partial charge in [0.15, 0.2) is 0 Å². The number of epoxide rings is 1. The van der Waals surface area contributed by atoms with Gasteiger partial charge in [0.1, 0.15) is 18.3 Å². The molecule has 1 spiro atoms. The fourth-order valence-corrected chi connectivity index (χ4v) is 6.76. The molecule has 2 heterocycles. The monoisotopic (exact) mass is 450 g/mol. The minimum atomic E-state index is -0.936. The first-order valence-electron chi connectivity index (χ1n) is 11.4. The van der Waals surface area contributed by atoms with Crippen LogP contribution in [0.2, 0.25) is 0 Å². The lowest BCUT2D eigenvalue weighted by Gasteiger charge is -2.63. The third-order valence-corrected chi connectivity index (χ3v) is 8.58. The minimum Gasteiger partial charge on any atom is -0.472 e. The lowest BCUT2D eigenvalue weighted by Crippen LogP contribution is -2.70. The summed E-state index contributed by atoms with van der Waals surface area (Å²) in [6.45, 7) is 7.26. The lowest BCUT2D eigenvalue weighted by molar-refractivity contribution is -0.245. The molecular formula is C24H34O8. The lowest BCUT2D eigenvalue weighted by atomic mass is 9.42. The van der Waals surface area contributed by atoms with Gasteiger partial charge in [-0.2, -0.15) is 0 Å². The molecule has 2 saturated carbocycles. The summed E-state index contributed by atoms with van der Waals surface area (Å²) in [6.07, 6.45) is 3.20. The molecule has 178 valence electrons. The number of ether oxygens (including phenoxy) is 3. The van der Waals surface area contributed by atoms with Crippen molar-refractivity contribution in [2.24, 2.45) is 22.7 Å². The Labute approximate surface area is 188 Å². The van der Waals surface area contributed by atoms with Crippen LogP contribution in [-0.4, -0.2) is 53.2 Å². The number of aliphatic hydroxyl groups is 2. The standard InChI is InChI=1S/C24H34O8/c1-14-9-20(28)23(12-30-15(2)25)19(5-6-21(32-16(3)26)24(23)13-31-24)22(14,4)10-18(27)17-7-8-29-11-17/h7-8,11,14,18-21,27-28H,5-6,9-10,12-13H2,1-4H3. The number of hydrogen-bond acceptors (Lipinski definition) is 8. The summed E-state index contributed by atoms with van der Waals surface area (Å²) in [5.74, 6) is -0.864. The molecule has 1 aliphatic heterocycles. The van der Waals surface area contributed by atoms with Crippen LogP contribution in [0.3, 0.4) is 0 Å². The van der Waals surface area contributed by atoms with Gasteiger partial charge in [0.25, 0.3) is 0 Å². The van der Waals surface area contributed by atoms with E-state index in [4.69, 9.17) is 18.6 Å². The summed E-state index contributed by atoms with van der Waals surface area (Å²) in [7, 11) is 0. The summed E-state index contributed by atoms with van der Waals surface area (Å²) >= 11 is 0. The van der Waals surface area contributed by atoms with Crippen molar-refractivity contribution in [2.75, 3.05) is 13.2 Å². The molecule has 2 aliphatic carbocycles. The molecular weight excluding hydrogens is 416 g/mol. The quantitative estimate of drug-likeness (QED) is 0.502. The average Bonchev–Trinajstić information content (AvgIpc) is 3.30. The molecule has 8 atom stereocenters. The Hall–Kier alpha value is -1.90. The molecule has 1 saturated heterocycles. The van der Waals surface area contributed by atoms with Crippen molar-refractivity contribution in [3.8, 4) is 0 Å². The Morgan fingerprint density at radius 2 is 2.00 bits per heavy atom. The summed E-state index contributed by atoms with van der Waals surface area (Å²) in [5.41, 5.74) is -1.52. The van der Waals surface area contributed by atoms with Gasteiger partial charge in [-0.05, 0) is 49.0 Å². The van der Waals surface area contributed by atoms with Crippen LogP contribution in [0.4, 0.5) is 0 Å². The zero-order valence-electron chi connectivity index (χ0n) is 19.2. The number of carbonyl (C=O) groups is 2. The summed E-state index contributed by atoms with van der Waals surface area (Å²) in [4.78, 5) is 23.7. The zero-order chi connectivity index (χ0) is 23.3. The molecule has 3 fully saturated rings. The van der Waals surface area contributed by atoms with Gasteiger partial charge >= 0.3 is 11.9 Å². The highest BCUT2D eigenvalue weighted by Crippen LogP contribution is 2.69. The normalized spacial score (nSPS) is 41.6. The predicted molar refractivity (Wildman–Crippen MR) is 112 cm³/mol. The zero-order valence-corrected chi connectivity index (χ0v) is 19.2. The molecule has 8 heteroatoms. The molecule has 0 aromatic carbocycles. The van der Waals surface area contributed by atoms with E-state index in [2.05, 4.69) is 13.8 Å². The van der Waals surface area contributed by atoms with Gasteiger partial charge in [0, 0.05) is 19.4 Å². The van der Waals surface area contributed by atoms with Crippen molar-refractivity contribution >= 4 is 11.9 Å². The number of aliphatic hydroxyl groups excluding tert-OH is 2. The van der Waals surface area contributed by atoms with Crippen molar-refractivity contribution < 1.29 is 38.4 Å². The number of esters is 2. The van der Waals surface area contributed by atoms with Gasteiger partial charge < -0.3 is 28.8 Å². The Kier molecular flexibility index (Phi) is 5.92. The van der Waals surface area contributed by atoms with E-state index in [9.17, 15) is 19.8 Å². The van der Waals surface area contributed by atoms with E-state index in [0.29, 0.717) is 37.9 Å². The van der Waals surface area contributed by atoms with Crippen LogP contribution in [0.1, 0.15) is 65.0 Å². The van der Waals surface area contributed by atoms with Crippen LogP contribution in [-0.2, 0) is 23.8 Å². The topological polar surface area (TPSA) is 119 Å². The van der Waals surface area contributed by atoms with Gasteiger partial charge in [0.05, 0.1) is 36.8 Å². The van der Waals surface area contributed by atoms with Crippen molar-refractivity contribution in [3.05, 3.63) is 24.2 Å². The Morgan fingerprint density at radius 3 is 2.56 bits per heavy atom.